The van der Waals surface area contributed by atoms with Crippen LogP contribution in [0.3, 0.4) is 0 Å². The van der Waals surface area contributed by atoms with Crippen LogP contribution < -0.4 is 0 Å². The van der Waals surface area contributed by atoms with Crippen LogP contribution in [0.25, 0.3) is 11.4 Å². The van der Waals surface area contributed by atoms with Crippen molar-refractivity contribution in [1.29, 1.82) is 0 Å². The highest BCUT2D eigenvalue weighted by Gasteiger charge is 2.25. The van der Waals surface area contributed by atoms with E-state index in [9.17, 15) is 0 Å². The highest BCUT2D eigenvalue weighted by atomic mass is 32.2. The van der Waals surface area contributed by atoms with Crippen molar-refractivity contribution in [3.8, 4) is 11.4 Å². The summed E-state index contributed by atoms with van der Waals surface area (Å²) in [5.74, 6) is 2.22. The molecule has 0 aliphatic heterocycles. The number of aromatic nitrogens is 5. The minimum absolute atomic E-state index is 0.00202. The second-order valence-electron chi connectivity index (χ2n) is 7.33. The highest BCUT2D eigenvalue weighted by molar-refractivity contribution is 7.99. The molecular weight excluding hydrogens is 346 g/mol. The quantitative estimate of drug-likeness (QED) is 0.600. The van der Waals surface area contributed by atoms with Crippen molar-refractivity contribution in [2.24, 2.45) is 0 Å². The van der Waals surface area contributed by atoms with E-state index in [0.717, 1.165) is 28.9 Å². The maximum Gasteiger partial charge on any atom is 0.239 e. The van der Waals surface area contributed by atoms with Gasteiger partial charge in [-0.15, -0.1) is 10.2 Å². The Kier molecular flexibility index (Phi) is 5.18. The minimum Gasteiger partial charge on any atom is -0.338 e. The first kappa shape index (κ1) is 18.6. The molecule has 0 saturated heterocycles. The fourth-order valence-electron chi connectivity index (χ4n) is 2.60. The summed E-state index contributed by atoms with van der Waals surface area (Å²) < 4.78 is 7.60. The molecule has 3 rings (SSSR count). The molecule has 26 heavy (non-hydrogen) atoms. The standard InChI is InChI=1S/C19H25N5OS/c1-7-24-15(14-11-9-8-10-12(14)2)21-22-18(24)26-13(3)16-20-17(23-25-16)19(4,5)6/h8-11,13H,7H2,1-6H3. The van der Waals surface area contributed by atoms with Gasteiger partial charge in [-0.1, -0.05) is 62.0 Å². The van der Waals surface area contributed by atoms with E-state index in [2.05, 4.69) is 71.7 Å². The largest absolute Gasteiger partial charge is 0.338 e. The maximum absolute atomic E-state index is 5.47. The average Bonchev–Trinajstić information content (AvgIpc) is 3.22. The lowest BCUT2D eigenvalue weighted by molar-refractivity contribution is 0.364. The Morgan fingerprint density at radius 1 is 1.19 bits per heavy atom. The molecule has 1 aromatic carbocycles. The van der Waals surface area contributed by atoms with Crippen LogP contribution in [-0.2, 0) is 12.0 Å². The first-order valence-electron chi connectivity index (χ1n) is 8.81. The fraction of sp³-hybridized carbons (Fsp3) is 0.474. The molecule has 0 saturated carbocycles. The monoisotopic (exact) mass is 371 g/mol. The molecule has 1 atom stereocenters. The smallest absolute Gasteiger partial charge is 0.239 e. The van der Waals surface area contributed by atoms with Crippen LogP contribution in [-0.4, -0.2) is 24.9 Å². The lowest BCUT2D eigenvalue weighted by atomic mass is 9.96. The van der Waals surface area contributed by atoms with E-state index in [1.807, 2.05) is 19.1 Å². The molecule has 0 amide bonds. The molecule has 1 unspecified atom stereocenters. The first-order valence-corrected chi connectivity index (χ1v) is 9.69. The number of benzene rings is 1. The molecule has 138 valence electrons. The van der Waals surface area contributed by atoms with Crippen molar-refractivity contribution in [3.63, 3.8) is 0 Å². The first-order chi connectivity index (χ1) is 12.3. The molecule has 0 bridgehead atoms. The van der Waals surface area contributed by atoms with Gasteiger partial charge in [-0.2, -0.15) is 4.98 Å². The second kappa shape index (κ2) is 7.23. The Morgan fingerprint density at radius 2 is 1.92 bits per heavy atom. The topological polar surface area (TPSA) is 69.6 Å². The number of hydrogen-bond acceptors (Lipinski definition) is 6. The van der Waals surface area contributed by atoms with Gasteiger partial charge in [0.25, 0.3) is 0 Å². The van der Waals surface area contributed by atoms with Gasteiger partial charge in [0.15, 0.2) is 16.8 Å². The van der Waals surface area contributed by atoms with Crippen LogP contribution in [0, 0.1) is 6.92 Å². The number of hydrogen-bond donors (Lipinski definition) is 0. The third-order valence-corrected chi connectivity index (χ3v) is 5.23. The highest BCUT2D eigenvalue weighted by Crippen LogP contribution is 2.35. The number of thioether (sulfide) groups is 1. The summed E-state index contributed by atoms with van der Waals surface area (Å²) >= 11 is 1.59. The lowest BCUT2D eigenvalue weighted by Crippen LogP contribution is -2.13. The van der Waals surface area contributed by atoms with Gasteiger partial charge < -0.3 is 9.09 Å². The van der Waals surface area contributed by atoms with Gasteiger partial charge in [0, 0.05) is 17.5 Å². The second-order valence-corrected chi connectivity index (χ2v) is 8.64. The van der Waals surface area contributed by atoms with Crippen LogP contribution in [0.1, 0.15) is 57.1 Å². The summed E-state index contributed by atoms with van der Waals surface area (Å²) in [6.45, 7) is 13.2. The molecule has 3 aromatic rings. The SMILES string of the molecule is CCn1c(SC(C)c2nc(C(C)(C)C)no2)nnc1-c1ccccc1C. The molecule has 0 aliphatic rings. The molecule has 0 fully saturated rings. The van der Waals surface area contributed by atoms with Crippen LogP contribution in [0.2, 0.25) is 0 Å². The van der Waals surface area contributed by atoms with Crippen molar-refractivity contribution in [1.82, 2.24) is 24.9 Å². The van der Waals surface area contributed by atoms with Crippen molar-refractivity contribution in [2.75, 3.05) is 0 Å². The molecule has 0 N–H and O–H groups in total. The maximum atomic E-state index is 5.47. The van der Waals surface area contributed by atoms with Crippen molar-refractivity contribution < 1.29 is 4.52 Å². The van der Waals surface area contributed by atoms with E-state index < -0.39 is 0 Å². The number of aryl methyl sites for hydroxylation is 1. The lowest BCUT2D eigenvalue weighted by Gasteiger charge is -2.12. The van der Waals surface area contributed by atoms with Gasteiger partial charge in [-0.25, -0.2) is 0 Å². The van der Waals surface area contributed by atoms with Crippen molar-refractivity contribution >= 4 is 11.8 Å². The summed E-state index contributed by atoms with van der Waals surface area (Å²) in [5, 5.41) is 13.8. The zero-order chi connectivity index (χ0) is 18.9. The summed E-state index contributed by atoms with van der Waals surface area (Å²) in [6.07, 6.45) is 0. The minimum atomic E-state index is -0.131. The van der Waals surface area contributed by atoms with Crippen LogP contribution >= 0.6 is 11.8 Å². The van der Waals surface area contributed by atoms with Crippen LogP contribution in [0.4, 0.5) is 0 Å². The number of nitrogens with zero attached hydrogens (tertiary/aromatic N) is 5. The Bertz CT molecular complexity index is 893. The van der Waals surface area contributed by atoms with Gasteiger partial charge >= 0.3 is 0 Å². The summed E-state index contributed by atoms with van der Waals surface area (Å²) in [4.78, 5) is 4.56. The van der Waals surface area contributed by atoms with E-state index in [4.69, 9.17) is 4.52 Å². The van der Waals surface area contributed by atoms with Crippen LogP contribution in [0.5, 0.6) is 0 Å². The molecular formula is C19H25N5OS. The predicted octanol–water partition coefficient (Wildman–Crippen LogP) is 4.81. The molecule has 6 nitrogen and oxygen atoms in total. The summed E-state index contributed by atoms with van der Waals surface area (Å²) in [6, 6.07) is 8.23. The molecule has 0 spiro atoms. The molecule has 7 heteroatoms. The Labute approximate surface area is 158 Å². The van der Waals surface area contributed by atoms with Crippen molar-refractivity contribution in [2.45, 2.75) is 63.9 Å². The molecule has 0 aliphatic carbocycles. The van der Waals surface area contributed by atoms with E-state index >= 15 is 0 Å². The van der Waals surface area contributed by atoms with Crippen LogP contribution in [0.15, 0.2) is 33.9 Å². The van der Waals surface area contributed by atoms with Gasteiger partial charge in [-0.05, 0) is 26.3 Å². The number of rotatable bonds is 5. The van der Waals surface area contributed by atoms with Crippen molar-refractivity contribution in [3.05, 3.63) is 41.5 Å². The Hall–Kier alpha value is -2.15. The van der Waals surface area contributed by atoms with Gasteiger partial charge in [0.05, 0.1) is 5.25 Å². The summed E-state index contributed by atoms with van der Waals surface area (Å²) in [5.41, 5.74) is 2.16. The molecule has 0 radical (unpaired) electrons. The average molecular weight is 372 g/mol. The third kappa shape index (κ3) is 3.67. The van der Waals surface area contributed by atoms with Gasteiger partial charge in [-0.3, -0.25) is 0 Å². The molecule has 2 aromatic heterocycles. The van der Waals surface area contributed by atoms with E-state index in [1.165, 1.54) is 5.56 Å². The van der Waals surface area contributed by atoms with E-state index in [0.29, 0.717) is 5.89 Å². The predicted molar refractivity (Wildman–Crippen MR) is 103 cm³/mol. The normalized spacial score (nSPS) is 13.2. The third-order valence-electron chi connectivity index (χ3n) is 4.16. The summed E-state index contributed by atoms with van der Waals surface area (Å²) in [7, 11) is 0. The Balaban J connectivity index is 1.87. The van der Waals surface area contributed by atoms with Gasteiger partial charge in [0.1, 0.15) is 0 Å². The fourth-order valence-corrected chi connectivity index (χ4v) is 3.54. The zero-order valence-corrected chi connectivity index (χ0v) is 17.0. The van der Waals surface area contributed by atoms with E-state index in [-0.39, 0.29) is 10.7 Å². The van der Waals surface area contributed by atoms with Gasteiger partial charge in [0.2, 0.25) is 5.89 Å². The molecule has 2 heterocycles. The van der Waals surface area contributed by atoms with E-state index in [1.54, 1.807) is 11.8 Å². The zero-order valence-electron chi connectivity index (χ0n) is 16.1. The Morgan fingerprint density at radius 3 is 2.54 bits per heavy atom.